The second kappa shape index (κ2) is 6.77. The van der Waals surface area contributed by atoms with Crippen molar-refractivity contribution in [1.29, 1.82) is 5.26 Å². The molecule has 0 fully saturated rings. The van der Waals surface area contributed by atoms with Gasteiger partial charge in [-0.25, -0.2) is 0 Å². The molecule has 0 spiro atoms. The Balaban J connectivity index is 2.16. The number of nitrogens with zero attached hydrogens (tertiary/aromatic N) is 1. The van der Waals surface area contributed by atoms with Crippen LogP contribution in [0.15, 0.2) is 36.4 Å². The number of ether oxygens (including phenoxy) is 1. The lowest BCUT2D eigenvalue weighted by Crippen LogP contribution is -2.23. The summed E-state index contributed by atoms with van der Waals surface area (Å²) in [4.78, 5) is 12.2. The van der Waals surface area contributed by atoms with Crippen molar-refractivity contribution in [2.75, 3.05) is 7.11 Å². The summed E-state index contributed by atoms with van der Waals surface area (Å²) in [6, 6.07) is 12.7. The molecule has 2 rings (SSSR count). The molecule has 2 aromatic carbocycles. The highest BCUT2D eigenvalue weighted by atomic mass is 16.5. The predicted octanol–water partition coefficient (Wildman–Crippen LogP) is 3.11. The summed E-state index contributed by atoms with van der Waals surface area (Å²) in [5.74, 6) is 0.558. The monoisotopic (exact) mass is 294 g/mol. The number of methoxy groups -OCH3 is 1. The van der Waals surface area contributed by atoms with E-state index in [1.165, 1.54) is 0 Å². The third-order valence-corrected chi connectivity index (χ3v) is 3.48. The number of rotatable bonds is 4. The molecule has 0 unspecified atom stereocenters. The predicted molar refractivity (Wildman–Crippen MR) is 84.8 cm³/mol. The second-order valence-corrected chi connectivity index (χ2v) is 5.14. The molecule has 0 aliphatic heterocycles. The van der Waals surface area contributed by atoms with Crippen LogP contribution in [0.5, 0.6) is 5.75 Å². The topological polar surface area (TPSA) is 62.1 Å². The van der Waals surface area contributed by atoms with E-state index < -0.39 is 0 Å². The van der Waals surface area contributed by atoms with Crippen LogP contribution in [-0.2, 0) is 6.54 Å². The van der Waals surface area contributed by atoms with Crippen LogP contribution in [0.25, 0.3) is 0 Å². The number of carbonyl (C=O) groups excluding carboxylic acids is 1. The summed E-state index contributed by atoms with van der Waals surface area (Å²) in [5.41, 5.74) is 4.09. The summed E-state index contributed by atoms with van der Waals surface area (Å²) in [7, 11) is 1.62. The van der Waals surface area contributed by atoms with Crippen molar-refractivity contribution in [2.24, 2.45) is 0 Å². The van der Waals surface area contributed by atoms with Crippen molar-refractivity contribution in [3.05, 3.63) is 64.2 Å². The maximum absolute atomic E-state index is 12.2. The summed E-state index contributed by atoms with van der Waals surface area (Å²) in [6.07, 6.45) is 0. The van der Waals surface area contributed by atoms with E-state index in [9.17, 15) is 4.79 Å². The van der Waals surface area contributed by atoms with Crippen molar-refractivity contribution >= 4 is 5.91 Å². The molecule has 4 nitrogen and oxygen atoms in total. The fourth-order valence-corrected chi connectivity index (χ4v) is 2.37. The van der Waals surface area contributed by atoms with Crippen molar-refractivity contribution in [1.82, 2.24) is 5.32 Å². The summed E-state index contributed by atoms with van der Waals surface area (Å²) < 4.78 is 5.39. The Labute approximate surface area is 130 Å². The quantitative estimate of drug-likeness (QED) is 0.942. The van der Waals surface area contributed by atoms with Gasteiger partial charge in [0.25, 0.3) is 5.91 Å². The standard InChI is InChI=1S/C18H18N2O2/c1-12-7-13(2)16(17(8-12)22-3)11-20-18(21)15-6-4-5-14(9-15)10-19/h4-9H,11H2,1-3H3,(H,20,21). The average Bonchev–Trinajstić information content (AvgIpc) is 2.53. The highest BCUT2D eigenvalue weighted by molar-refractivity contribution is 5.94. The molecular weight excluding hydrogens is 276 g/mol. The van der Waals surface area contributed by atoms with Crippen LogP contribution in [-0.4, -0.2) is 13.0 Å². The van der Waals surface area contributed by atoms with Gasteiger partial charge < -0.3 is 10.1 Å². The molecule has 112 valence electrons. The molecule has 0 bridgehead atoms. The van der Waals surface area contributed by atoms with Gasteiger partial charge in [-0.1, -0.05) is 12.1 Å². The van der Waals surface area contributed by atoms with Crippen molar-refractivity contribution < 1.29 is 9.53 Å². The van der Waals surface area contributed by atoms with Crippen LogP contribution in [0.2, 0.25) is 0 Å². The Bertz CT molecular complexity index is 745. The zero-order chi connectivity index (χ0) is 16.1. The molecule has 1 N–H and O–H groups in total. The third-order valence-electron chi connectivity index (χ3n) is 3.48. The zero-order valence-corrected chi connectivity index (χ0v) is 12.9. The van der Waals surface area contributed by atoms with Gasteiger partial charge in [-0.3, -0.25) is 4.79 Å². The van der Waals surface area contributed by atoms with Crippen LogP contribution in [0.1, 0.15) is 32.6 Å². The molecule has 0 heterocycles. The molecule has 4 heteroatoms. The van der Waals surface area contributed by atoms with Gasteiger partial charge in [-0.05, 0) is 49.2 Å². The Kier molecular flexibility index (Phi) is 4.80. The molecule has 0 aromatic heterocycles. The van der Waals surface area contributed by atoms with E-state index in [1.54, 1.807) is 31.4 Å². The Morgan fingerprint density at radius 1 is 1.27 bits per heavy atom. The van der Waals surface area contributed by atoms with Crippen LogP contribution in [0.4, 0.5) is 0 Å². The first-order valence-corrected chi connectivity index (χ1v) is 6.97. The maximum atomic E-state index is 12.2. The zero-order valence-electron chi connectivity index (χ0n) is 12.9. The molecule has 0 radical (unpaired) electrons. The average molecular weight is 294 g/mol. The molecule has 0 aliphatic rings. The van der Waals surface area contributed by atoms with Gasteiger partial charge in [-0.2, -0.15) is 5.26 Å². The fourth-order valence-electron chi connectivity index (χ4n) is 2.37. The van der Waals surface area contributed by atoms with E-state index in [0.717, 1.165) is 22.4 Å². The first-order chi connectivity index (χ1) is 10.5. The Hall–Kier alpha value is -2.80. The summed E-state index contributed by atoms with van der Waals surface area (Å²) in [6.45, 7) is 4.38. The molecule has 22 heavy (non-hydrogen) atoms. The molecule has 1 amide bonds. The normalized spacial score (nSPS) is 9.91. The number of carbonyl (C=O) groups is 1. The van der Waals surface area contributed by atoms with Gasteiger partial charge in [0.15, 0.2) is 0 Å². The molecule has 0 saturated heterocycles. The minimum absolute atomic E-state index is 0.209. The van der Waals surface area contributed by atoms with Gasteiger partial charge in [-0.15, -0.1) is 0 Å². The van der Waals surface area contributed by atoms with Crippen LogP contribution >= 0.6 is 0 Å². The van der Waals surface area contributed by atoms with Gasteiger partial charge in [0.2, 0.25) is 0 Å². The molecule has 2 aromatic rings. The Morgan fingerprint density at radius 3 is 2.73 bits per heavy atom. The van der Waals surface area contributed by atoms with Gasteiger partial charge in [0.05, 0.1) is 18.7 Å². The number of aryl methyl sites for hydroxylation is 2. The van der Waals surface area contributed by atoms with E-state index in [0.29, 0.717) is 17.7 Å². The third kappa shape index (κ3) is 3.44. The number of hydrogen-bond donors (Lipinski definition) is 1. The minimum Gasteiger partial charge on any atom is -0.496 e. The lowest BCUT2D eigenvalue weighted by molar-refractivity contribution is 0.0950. The van der Waals surface area contributed by atoms with Crippen LogP contribution in [0.3, 0.4) is 0 Å². The number of hydrogen-bond acceptors (Lipinski definition) is 3. The summed E-state index contributed by atoms with van der Waals surface area (Å²) >= 11 is 0. The summed E-state index contributed by atoms with van der Waals surface area (Å²) in [5, 5.41) is 11.8. The number of amides is 1. The Morgan fingerprint density at radius 2 is 2.05 bits per heavy atom. The largest absolute Gasteiger partial charge is 0.496 e. The number of benzene rings is 2. The van der Waals surface area contributed by atoms with Crippen molar-refractivity contribution in [2.45, 2.75) is 20.4 Å². The van der Waals surface area contributed by atoms with Crippen LogP contribution < -0.4 is 10.1 Å². The molecule has 0 saturated carbocycles. The van der Waals surface area contributed by atoms with Gasteiger partial charge in [0, 0.05) is 17.7 Å². The fraction of sp³-hybridized carbons (Fsp3) is 0.222. The van der Waals surface area contributed by atoms with E-state index in [-0.39, 0.29) is 5.91 Å². The molecule has 0 aliphatic carbocycles. The van der Waals surface area contributed by atoms with Gasteiger partial charge >= 0.3 is 0 Å². The first-order valence-electron chi connectivity index (χ1n) is 6.97. The molecule has 0 atom stereocenters. The van der Waals surface area contributed by atoms with Crippen molar-refractivity contribution in [3.63, 3.8) is 0 Å². The highest BCUT2D eigenvalue weighted by Gasteiger charge is 2.11. The van der Waals surface area contributed by atoms with E-state index in [4.69, 9.17) is 10.00 Å². The van der Waals surface area contributed by atoms with E-state index >= 15 is 0 Å². The second-order valence-electron chi connectivity index (χ2n) is 5.14. The van der Waals surface area contributed by atoms with Crippen LogP contribution in [0, 0.1) is 25.2 Å². The van der Waals surface area contributed by atoms with E-state index in [2.05, 4.69) is 11.4 Å². The number of nitrogens with one attached hydrogen (secondary N) is 1. The smallest absolute Gasteiger partial charge is 0.251 e. The molecular formula is C18H18N2O2. The minimum atomic E-state index is -0.209. The van der Waals surface area contributed by atoms with Crippen molar-refractivity contribution in [3.8, 4) is 11.8 Å². The first kappa shape index (κ1) is 15.6. The maximum Gasteiger partial charge on any atom is 0.251 e. The SMILES string of the molecule is COc1cc(C)cc(C)c1CNC(=O)c1cccc(C#N)c1. The lowest BCUT2D eigenvalue weighted by Gasteiger charge is -2.14. The lowest BCUT2D eigenvalue weighted by atomic mass is 10.0. The number of nitriles is 1. The highest BCUT2D eigenvalue weighted by Crippen LogP contribution is 2.24. The van der Waals surface area contributed by atoms with E-state index in [1.807, 2.05) is 26.0 Å². The van der Waals surface area contributed by atoms with Gasteiger partial charge in [0.1, 0.15) is 5.75 Å².